The lowest BCUT2D eigenvalue weighted by molar-refractivity contribution is 0.0738. The van der Waals surface area contributed by atoms with Crippen LogP contribution in [0.25, 0.3) is 16.7 Å². The third-order valence-electron chi connectivity index (χ3n) is 6.68. The molecule has 3 aromatic heterocycles. The highest BCUT2D eigenvalue weighted by molar-refractivity contribution is 7.91. The average Bonchev–Trinajstić information content (AvgIpc) is 3.47. The summed E-state index contributed by atoms with van der Waals surface area (Å²) in [6.45, 7) is 3.10. The number of aryl methyl sites for hydroxylation is 1. The molecule has 182 valence electrons. The van der Waals surface area contributed by atoms with Gasteiger partial charge in [-0.05, 0) is 49.6 Å². The van der Waals surface area contributed by atoms with Crippen LogP contribution in [-0.2, 0) is 16.4 Å². The van der Waals surface area contributed by atoms with Crippen molar-refractivity contribution in [2.45, 2.75) is 50.1 Å². The minimum atomic E-state index is -3.54. The molecular formula is C26H28N4O4S. The summed E-state index contributed by atoms with van der Waals surface area (Å²) in [7, 11) is -3.54. The number of sulfone groups is 1. The van der Waals surface area contributed by atoms with Crippen molar-refractivity contribution < 1.29 is 13.2 Å². The molecule has 1 amide bonds. The zero-order valence-electron chi connectivity index (χ0n) is 19.6. The lowest BCUT2D eigenvalue weighted by Crippen LogP contribution is -2.40. The zero-order valence-corrected chi connectivity index (χ0v) is 20.4. The Kier molecular flexibility index (Phi) is 6.19. The highest BCUT2D eigenvalue weighted by Gasteiger charge is 2.35. The number of nitrogens with zero attached hydrogens (tertiary/aromatic N) is 4. The molecule has 1 saturated heterocycles. The molecule has 0 saturated carbocycles. The molecule has 9 heteroatoms. The Bertz CT molecular complexity index is 1560. The molecule has 8 nitrogen and oxygen atoms in total. The number of fused-ring (bicyclic) bond motifs is 2. The van der Waals surface area contributed by atoms with E-state index >= 15 is 0 Å². The van der Waals surface area contributed by atoms with Crippen molar-refractivity contribution >= 4 is 32.4 Å². The van der Waals surface area contributed by atoms with Crippen LogP contribution in [0.1, 0.15) is 43.1 Å². The van der Waals surface area contributed by atoms with E-state index in [1.807, 2.05) is 10.6 Å². The summed E-state index contributed by atoms with van der Waals surface area (Å²) in [4.78, 5) is 33.6. The van der Waals surface area contributed by atoms with E-state index in [-0.39, 0.29) is 22.1 Å². The molecule has 1 aromatic carbocycles. The topological polar surface area (TPSA) is 93.8 Å². The van der Waals surface area contributed by atoms with Crippen LogP contribution in [-0.4, -0.2) is 51.5 Å². The van der Waals surface area contributed by atoms with Crippen molar-refractivity contribution in [1.29, 1.82) is 0 Å². The largest absolute Gasteiger partial charge is 0.333 e. The summed E-state index contributed by atoms with van der Waals surface area (Å²) in [6, 6.07) is 14.9. The summed E-state index contributed by atoms with van der Waals surface area (Å²) in [5, 5.41) is 0.390. The molecule has 5 rings (SSSR count). The third-order valence-corrected chi connectivity index (χ3v) is 8.50. The fourth-order valence-electron chi connectivity index (χ4n) is 4.87. The van der Waals surface area contributed by atoms with Gasteiger partial charge in [0.05, 0.1) is 16.0 Å². The molecule has 1 aliphatic rings. The molecule has 0 radical (unpaired) electrons. The third kappa shape index (κ3) is 4.25. The van der Waals surface area contributed by atoms with Gasteiger partial charge in [0, 0.05) is 25.3 Å². The minimum absolute atomic E-state index is 0.122. The van der Waals surface area contributed by atoms with Crippen LogP contribution in [0.2, 0.25) is 0 Å². The molecule has 1 aliphatic heterocycles. The van der Waals surface area contributed by atoms with Gasteiger partial charge in [-0.1, -0.05) is 37.6 Å². The maximum absolute atomic E-state index is 13.8. The van der Waals surface area contributed by atoms with Crippen molar-refractivity contribution in [3.05, 3.63) is 76.8 Å². The quantitative estimate of drug-likeness (QED) is 0.393. The number of unbranched alkanes of at least 4 members (excludes halogenated alkanes) is 1. The number of hydrogen-bond donors (Lipinski definition) is 0. The number of pyridine rings is 1. The van der Waals surface area contributed by atoms with Crippen LogP contribution in [0.5, 0.6) is 0 Å². The zero-order chi connectivity index (χ0) is 24.6. The minimum Gasteiger partial charge on any atom is -0.333 e. The van der Waals surface area contributed by atoms with Gasteiger partial charge in [0.15, 0.2) is 9.84 Å². The van der Waals surface area contributed by atoms with Gasteiger partial charge in [-0.25, -0.2) is 13.4 Å². The number of amides is 1. The molecule has 35 heavy (non-hydrogen) atoms. The van der Waals surface area contributed by atoms with Crippen LogP contribution >= 0.6 is 0 Å². The molecule has 4 aromatic rings. The maximum Gasteiger partial charge on any atom is 0.270 e. The molecule has 1 atom stereocenters. The predicted molar refractivity (Wildman–Crippen MR) is 134 cm³/mol. The standard InChI is InChI=1S/C26H28N4O4S/c1-2-3-14-29-22(17-21-24(29)27-23-13-7-8-15-30(23)25(21)31)26(32)28-16-9-10-19(28)18-35(33,34)20-11-5-4-6-12-20/h4-8,11-13,15,17,19H,2-3,9-10,14,16,18H2,1H3. The van der Waals surface area contributed by atoms with Crippen LogP contribution in [0.15, 0.2) is 70.5 Å². The van der Waals surface area contributed by atoms with Crippen LogP contribution in [0.3, 0.4) is 0 Å². The number of carbonyl (C=O) groups is 1. The van der Waals surface area contributed by atoms with Crippen molar-refractivity contribution in [3.8, 4) is 0 Å². The van der Waals surface area contributed by atoms with E-state index in [0.717, 1.165) is 19.3 Å². The normalized spacial score (nSPS) is 16.4. The van der Waals surface area contributed by atoms with Crippen molar-refractivity contribution in [2.75, 3.05) is 12.3 Å². The summed E-state index contributed by atoms with van der Waals surface area (Å²) in [5.74, 6) is -0.374. The molecule has 1 fully saturated rings. The summed E-state index contributed by atoms with van der Waals surface area (Å²) >= 11 is 0. The Morgan fingerprint density at radius 3 is 2.66 bits per heavy atom. The number of rotatable bonds is 7. The van der Waals surface area contributed by atoms with Crippen molar-refractivity contribution in [3.63, 3.8) is 0 Å². The first-order chi connectivity index (χ1) is 16.9. The van der Waals surface area contributed by atoms with Gasteiger partial charge in [-0.2, -0.15) is 0 Å². The van der Waals surface area contributed by atoms with Crippen molar-refractivity contribution in [1.82, 2.24) is 18.9 Å². The summed E-state index contributed by atoms with van der Waals surface area (Å²) < 4.78 is 29.4. The molecule has 0 bridgehead atoms. The fraction of sp³-hybridized carbons (Fsp3) is 0.346. The van der Waals surface area contributed by atoms with E-state index in [9.17, 15) is 18.0 Å². The van der Waals surface area contributed by atoms with E-state index in [1.165, 1.54) is 4.40 Å². The van der Waals surface area contributed by atoms with E-state index in [2.05, 4.69) is 6.92 Å². The Balaban J connectivity index is 1.54. The first kappa shape index (κ1) is 23.3. The Morgan fingerprint density at radius 2 is 1.89 bits per heavy atom. The molecular weight excluding hydrogens is 464 g/mol. The Morgan fingerprint density at radius 1 is 1.11 bits per heavy atom. The van der Waals surface area contributed by atoms with E-state index in [4.69, 9.17) is 4.98 Å². The number of benzene rings is 1. The molecule has 0 N–H and O–H groups in total. The number of hydrogen-bond acceptors (Lipinski definition) is 5. The second kappa shape index (κ2) is 9.30. The second-order valence-corrected chi connectivity index (χ2v) is 11.0. The van der Waals surface area contributed by atoms with Gasteiger partial charge in [-0.15, -0.1) is 0 Å². The van der Waals surface area contributed by atoms with Crippen LogP contribution in [0.4, 0.5) is 0 Å². The summed E-state index contributed by atoms with van der Waals surface area (Å²) in [6.07, 6.45) is 4.77. The monoisotopic (exact) mass is 492 g/mol. The lowest BCUT2D eigenvalue weighted by Gasteiger charge is -2.25. The Hall–Kier alpha value is -3.46. The SMILES string of the molecule is CCCCn1c(C(=O)N2CCCC2CS(=O)(=O)c2ccccc2)cc2c(=O)n3ccccc3nc21. The highest BCUT2D eigenvalue weighted by Crippen LogP contribution is 2.26. The van der Waals surface area contributed by atoms with E-state index < -0.39 is 15.9 Å². The van der Waals surface area contributed by atoms with Gasteiger partial charge in [0.2, 0.25) is 0 Å². The predicted octanol–water partition coefficient (Wildman–Crippen LogP) is 3.53. The lowest BCUT2D eigenvalue weighted by atomic mass is 10.2. The first-order valence-electron chi connectivity index (χ1n) is 12.0. The van der Waals surface area contributed by atoms with Gasteiger partial charge in [-0.3, -0.25) is 14.0 Å². The smallest absolute Gasteiger partial charge is 0.270 e. The number of carbonyl (C=O) groups excluding carboxylic acids is 1. The molecule has 0 aliphatic carbocycles. The van der Waals surface area contributed by atoms with Crippen molar-refractivity contribution in [2.24, 2.45) is 0 Å². The van der Waals surface area contributed by atoms with Gasteiger partial charge in [0.25, 0.3) is 11.5 Å². The first-order valence-corrected chi connectivity index (χ1v) is 13.7. The van der Waals surface area contributed by atoms with E-state index in [1.54, 1.807) is 59.6 Å². The average molecular weight is 493 g/mol. The number of likely N-dealkylation sites (tertiary alicyclic amines) is 1. The molecule has 0 spiro atoms. The van der Waals surface area contributed by atoms with Crippen LogP contribution in [0, 0.1) is 0 Å². The van der Waals surface area contributed by atoms with Gasteiger partial charge in [0.1, 0.15) is 17.0 Å². The van der Waals surface area contributed by atoms with Gasteiger partial charge < -0.3 is 9.47 Å². The summed E-state index contributed by atoms with van der Waals surface area (Å²) in [5.41, 5.74) is 1.18. The fourth-order valence-corrected chi connectivity index (χ4v) is 6.49. The van der Waals surface area contributed by atoms with Gasteiger partial charge >= 0.3 is 0 Å². The maximum atomic E-state index is 13.8. The highest BCUT2D eigenvalue weighted by atomic mass is 32.2. The second-order valence-electron chi connectivity index (χ2n) is 9.01. The molecule has 4 heterocycles. The van der Waals surface area contributed by atoms with Crippen LogP contribution < -0.4 is 5.56 Å². The molecule has 1 unspecified atom stereocenters. The number of aromatic nitrogens is 3. The van der Waals surface area contributed by atoms with E-state index in [0.29, 0.717) is 41.9 Å². The Labute approximate surface area is 203 Å².